The van der Waals surface area contributed by atoms with Gasteiger partial charge in [-0.1, -0.05) is 33.1 Å². The number of likely N-dealkylation sites (tertiary alicyclic amines) is 1. The molecule has 0 N–H and O–H groups in total. The molecule has 2 atom stereocenters. The van der Waals surface area contributed by atoms with Crippen LogP contribution in [0.1, 0.15) is 58.8 Å². The molecule has 0 amide bonds. The zero-order valence-corrected chi connectivity index (χ0v) is 9.55. The minimum absolute atomic E-state index is 0.885. The van der Waals surface area contributed by atoms with Crippen LogP contribution in [-0.2, 0) is 0 Å². The average molecular weight is 183 g/mol. The highest BCUT2D eigenvalue weighted by Gasteiger charge is 2.25. The van der Waals surface area contributed by atoms with Gasteiger partial charge in [0.05, 0.1) is 0 Å². The molecule has 78 valence electrons. The third-order valence-corrected chi connectivity index (χ3v) is 3.47. The van der Waals surface area contributed by atoms with Gasteiger partial charge < -0.3 is 4.90 Å². The number of rotatable bonds is 4. The lowest BCUT2D eigenvalue weighted by molar-refractivity contribution is 0.101. The number of hydrogen-bond donors (Lipinski definition) is 0. The second-order valence-electron chi connectivity index (χ2n) is 4.48. The third-order valence-electron chi connectivity index (χ3n) is 3.47. The molecule has 0 spiro atoms. The second kappa shape index (κ2) is 5.64. The molecule has 0 aromatic carbocycles. The molecule has 1 heteroatoms. The van der Waals surface area contributed by atoms with Crippen LogP contribution in [0.3, 0.4) is 0 Å². The van der Waals surface area contributed by atoms with Gasteiger partial charge in [-0.25, -0.2) is 0 Å². The summed E-state index contributed by atoms with van der Waals surface area (Å²) in [6.07, 6.45) is 9.81. The van der Waals surface area contributed by atoms with E-state index in [9.17, 15) is 0 Å². The molecule has 1 nitrogen and oxygen atoms in total. The molecule has 1 saturated heterocycles. The van der Waals surface area contributed by atoms with Gasteiger partial charge in [-0.05, 0) is 32.7 Å². The van der Waals surface area contributed by atoms with Crippen LogP contribution in [0.15, 0.2) is 0 Å². The van der Waals surface area contributed by atoms with E-state index in [1.165, 1.54) is 44.9 Å². The van der Waals surface area contributed by atoms with E-state index in [0.717, 1.165) is 12.1 Å². The Bertz CT molecular complexity index is 115. The molecule has 1 rings (SSSR count). The molecule has 0 aliphatic carbocycles. The molecule has 0 aromatic heterocycles. The van der Waals surface area contributed by atoms with Crippen LogP contribution in [0.4, 0.5) is 0 Å². The fraction of sp³-hybridized carbons (Fsp3) is 1.00. The summed E-state index contributed by atoms with van der Waals surface area (Å²) in [7, 11) is 2.33. The Balaban J connectivity index is 2.40. The van der Waals surface area contributed by atoms with Crippen molar-refractivity contribution in [2.24, 2.45) is 0 Å². The fourth-order valence-electron chi connectivity index (χ4n) is 2.66. The lowest BCUT2D eigenvalue weighted by atomic mass is 9.91. The van der Waals surface area contributed by atoms with Crippen molar-refractivity contribution in [2.45, 2.75) is 70.9 Å². The SMILES string of the molecule is CCCC1CCCC(CCC)N1C. The van der Waals surface area contributed by atoms with Crippen LogP contribution in [0, 0.1) is 0 Å². The smallest absolute Gasteiger partial charge is 0.00950 e. The van der Waals surface area contributed by atoms with Crippen molar-refractivity contribution in [3.05, 3.63) is 0 Å². The van der Waals surface area contributed by atoms with Crippen LogP contribution >= 0.6 is 0 Å². The van der Waals surface area contributed by atoms with Crippen molar-refractivity contribution < 1.29 is 0 Å². The summed E-state index contributed by atoms with van der Waals surface area (Å²) in [6.45, 7) is 4.61. The van der Waals surface area contributed by atoms with Gasteiger partial charge in [0.1, 0.15) is 0 Å². The van der Waals surface area contributed by atoms with E-state index < -0.39 is 0 Å². The first-order chi connectivity index (χ1) is 6.29. The molecule has 1 aliphatic heterocycles. The Morgan fingerprint density at radius 2 is 1.46 bits per heavy atom. The highest BCUT2D eigenvalue weighted by Crippen LogP contribution is 2.26. The Kier molecular flexibility index (Phi) is 4.79. The van der Waals surface area contributed by atoms with Gasteiger partial charge in [-0.3, -0.25) is 0 Å². The quantitative estimate of drug-likeness (QED) is 0.645. The fourth-order valence-corrected chi connectivity index (χ4v) is 2.66. The Hall–Kier alpha value is -0.0400. The lowest BCUT2D eigenvalue weighted by Crippen LogP contribution is -2.43. The number of piperidine rings is 1. The summed E-state index contributed by atoms with van der Waals surface area (Å²) in [5.41, 5.74) is 0. The van der Waals surface area contributed by atoms with Gasteiger partial charge in [-0.2, -0.15) is 0 Å². The maximum absolute atomic E-state index is 2.65. The first kappa shape index (κ1) is 11.0. The van der Waals surface area contributed by atoms with Gasteiger partial charge in [0.25, 0.3) is 0 Å². The van der Waals surface area contributed by atoms with E-state index in [1.807, 2.05) is 0 Å². The summed E-state index contributed by atoms with van der Waals surface area (Å²) >= 11 is 0. The summed E-state index contributed by atoms with van der Waals surface area (Å²) < 4.78 is 0. The minimum atomic E-state index is 0.885. The van der Waals surface area contributed by atoms with Crippen molar-refractivity contribution >= 4 is 0 Å². The van der Waals surface area contributed by atoms with Crippen molar-refractivity contribution in [1.82, 2.24) is 4.90 Å². The normalized spacial score (nSPS) is 30.7. The van der Waals surface area contributed by atoms with E-state index in [2.05, 4.69) is 25.8 Å². The Morgan fingerprint density at radius 3 is 1.85 bits per heavy atom. The van der Waals surface area contributed by atoms with Crippen molar-refractivity contribution in [3.63, 3.8) is 0 Å². The maximum atomic E-state index is 2.65. The molecule has 1 aliphatic rings. The van der Waals surface area contributed by atoms with Gasteiger partial charge in [0.15, 0.2) is 0 Å². The lowest BCUT2D eigenvalue weighted by Gasteiger charge is -2.39. The second-order valence-corrected chi connectivity index (χ2v) is 4.48. The summed E-state index contributed by atoms with van der Waals surface area (Å²) in [5.74, 6) is 0. The zero-order chi connectivity index (χ0) is 9.68. The topological polar surface area (TPSA) is 3.24 Å². The molecular formula is C12H25N. The molecule has 0 bridgehead atoms. The van der Waals surface area contributed by atoms with E-state index in [1.54, 1.807) is 0 Å². The minimum Gasteiger partial charge on any atom is -0.300 e. The molecule has 13 heavy (non-hydrogen) atoms. The van der Waals surface area contributed by atoms with Gasteiger partial charge in [-0.15, -0.1) is 0 Å². The largest absolute Gasteiger partial charge is 0.300 e. The molecule has 1 fully saturated rings. The maximum Gasteiger partial charge on any atom is 0.00950 e. The van der Waals surface area contributed by atoms with E-state index in [0.29, 0.717) is 0 Å². The molecular weight excluding hydrogens is 158 g/mol. The van der Waals surface area contributed by atoms with E-state index in [-0.39, 0.29) is 0 Å². The first-order valence-electron chi connectivity index (χ1n) is 6.01. The monoisotopic (exact) mass is 183 g/mol. The third kappa shape index (κ3) is 2.98. The Labute approximate surface area is 83.5 Å². The van der Waals surface area contributed by atoms with Crippen molar-refractivity contribution in [2.75, 3.05) is 7.05 Å². The summed E-state index contributed by atoms with van der Waals surface area (Å²) in [4.78, 5) is 2.65. The summed E-state index contributed by atoms with van der Waals surface area (Å²) in [6, 6.07) is 1.77. The Morgan fingerprint density at radius 1 is 1.00 bits per heavy atom. The zero-order valence-electron chi connectivity index (χ0n) is 9.55. The van der Waals surface area contributed by atoms with Gasteiger partial charge in [0.2, 0.25) is 0 Å². The standard InChI is InChI=1S/C12H25N/c1-4-7-11-9-6-10-12(8-5-2)13(11)3/h11-12H,4-10H2,1-3H3. The first-order valence-corrected chi connectivity index (χ1v) is 6.01. The molecule has 0 radical (unpaired) electrons. The van der Waals surface area contributed by atoms with Crippen LogP contribution in [0.25, 0.3) is 0 Å². The summed E-state index contributed by atoms with van der Waals surface area (Å²) in [5, 5.41) is 0. The predicted octanol–water partition coefficient (Wildman–Crippen LogP) is 3.44. The van der Waals surface area contributed by atoms with Crippen molar-refractivity contribution in [1.29, 1.82) is 0 Å². The van der Waals surface area contributed by atoms with E-state index >= 15 is 0 Å². The number of hydrogen-bond acceptors (Lipinski definition) is 1. The van der Waals surface area contributed by atoms with Crippen LogP contribution in [0.2, 0.25) is 0 Å². The average Bonchev–Trinajstić information content (AvgIpc) is 2.13. The highest BCUT2D eigenvalue weighted by atomic mass is 15.2. The number of nitrogens with zero attached hydrogens (tertiary/aromatic N) is 1. The van der Waals surface area contributed by atoms with Crippen LogP contribution < -0.4 is 0 Å². The van der Waals surface area contributed by atoms with Crippen LogP contribution in [0.5, 0.6) is 0 Å². The van der Waals surface area contributed by atoms with Crippen LogP contribution in [-0.4, -0.2) is 24.0 Å². The van der Waals surface area contributed by atoms with Gasteiger partial charge >= 0.3 is 0 Å². The van der Waals surface area contributed by atoms with Gasteiger partial charge in [0, 0.05) is 12.1 Å². The molecule has 0 saturated carbocycles. The van der Waals surface area contributed by atoms with E-state index in [4.69, 9.17) is 0 Å². The highest BCUT2D eigenvalue weighted by molar-refractivity contribution is 4.81. The van der Waals surface area contributed by atoms with Crippen molar-refractivity contribution in [3.8, 4) is 0 Å². The predicted molar refractivity (Wildman–Crippen MR) is 59.0 cm³/mol. The molecule has 2 unspecified atom stereocenters. The molecule has 0 aromatic rings. The molecule has 1 heterocycles.